The van der Waals surface area contributed by atoms with Crippen LogP contribution in [0.4, 0.5) is 0 Å². The molecule has 0 radical (unpaired) electrons. The minimum atomic E-state index is -0.989. The van der Waals surface area contributed by atoms with Crippen molar-refractivity contribution in [2.45, 2.75) is 18.5 Å². The molecule has 98 valence electrons. The number of aromatic amines is 1. The van der Waals surface area contributed by atoms with Crippen LogP contribution in [0.1, 0.15) is 18.3 Å². The molecule has 1 aromatic heterocycles. The van der Waals surface area contributed by atoms with Crippen molar-refractivity contribution in [2.75, 3.05) is 0 Å². The van der Waals surface area contributed by atoms with E-state index in [1.165, 1.54) is 0 Å². The molecule has 2 aromatic rings. The van der Waals surface area contributed by atoms with Crippen LogP contribution in [0, 0.1) is 0 Å². The fourth-order valence-corrected chi connectivity index (χ4v) is 2.14. The molecule has 0 saturated carbocycles. The van der Waals surface area contributed by atoms with E-state index < -0.39 is 5.97 Å². The van der Waals surface area contributed by atoms with Crippen molar-refractivity contribution in [3.63, 3.8) is 0 Å². The van der Waals surface area contributed by atoms with E-state index in [4.69, 9.17) is 0 Å². The Bertz CT molecular complexity index is 593. The smallest absolute Gasteiger partial charge is 0.342 e. The van der Waals surface area contributed by atoms with Crippen LogP contribution in [0.25, 0.3) is 6.08 Å². The first kappa shape index (κ1) is 13.4. The van der Waals surface area contributed by atoms with Crippen molar-refractivity contribution in [1.29, 1.82) is 0 Å². The number of aliphatic carboxylic acids is 1. The van der Waals surface area contributed by atoms with Crippen molar-refractivity contribution >= 4 is 23.8 Å². The van der Waals surface area contributed by atoms with Crippen LogP contribution < -0.4 is 0 Å². The number of thioether (sulfide) groups is 1. The van der Waals surface area contributed by atoms with E-state index in [0.29, 0.717) is 5.16 Å². The molecule has 2 N–H and O–H groups in total. The monoisotopic (exact) mass is 275 g/mol. The molecule has 19 heavy (non-hydrogen) atoms. The van der Waals surface area contributed by atoms with Crippen LogP contribution >= 0.6 is 11.8 Å². The lowest BCUT2D eigenvalue weighted by atomic mass is 10.2. The third kappa shape index (κ3) is 3.69. The second kappa shape index (κ2) is 6.19. The van der Waals surface area contributed by atoms with Gasteiger partial charge in [0.1, 0.15) is 10.7 Å². The molecule has 0 amide bonds. The molecule has 2 rings (SSSR count). The number of hydrogen-bond acceptors (Lipinski definition) is 4. The molecule has 0 aliphatic carbocycles. The molecule has 0 unspecified atom stereocenters. The van der Waals surface area contributed by atoms with Crippen LogP contribution in [0.3, 0.4) is 0 Å². The number of carboxylic acid groups (broad SMARTS) is 1. The number of carbonyl (C=O) groups is 1. The lowest BCUT2D eigenvalue weighted by Gasteiger charge is -1.99. The Hall–Kier alpha value is -2.08. The van der Waals surface area contributed by atoms with E-state index in [2.05, 4.69) is 15.2 Å². The summed E-state index contributed by atoms with van der Waals surface area (Å²) in [6.07, 6.45) is 2.34. The van der Waals surface area contributed by atoms with Gasteiger partial charge in [-0.3, -0.25) is 5.10 Å². The zero-order valence-corrected chi connectivity index (χ0v) is 11.1. The van der Waals surface area contributed by atoms with Gasteiger partial charge in [-0.2, -0.15) is 0 Å². The Kier molecular flexibility index (Phi) is 4.35. The molecule has 0 aliphatic heterocycles. The second-order valence-electron chi connectivity index (χ2n) is 3.74. The quantitative estimate of drug-likeness (QED) is 0.647. The summed E-state index contributed by atoms with van der Waals surface area (Å²) in [7, 11) is 0. The number of carboxylic acids is 1. The van der Waals surface area contributed by atoms with Gasteiger partial charge in [-0.05, 0) is 23.4 Å². The molecular weight excluding hydrogens is 262 g/mol. The molecule has 0 aliphatic rings. The topological polar surface area (TPSA) is 78.9 Å². The zero-order valence-electron chi connectivity index (χ0n) is 10.3. The van der Waals surface area contributed by atoms with E-state index in [1.54, 1.807) is 6.08 Å². The van der Waals surface area contributed by atoms with Gasteiger partial charge in [0.25, 0.3) is 0 Å². The first-order chi connectivity index (χ1) is 9.19. The third-order valence-electron chi connectivity index (χ3n) is 2.36. The average molecular weight is 275 g/mol. The number of aromatic nitrogens is 3. The highest BCUT2D eigenvalue weighted by atomic mass is 32.2. The van der Waals surface area contributed by atoms with Gasteiger partial charge < -0.3 is 5.11 Å². The maximum absolute atomic E-state index is 11.2. The standard InChI is InChI=1S/C13H13N3O2S/c1-2-11-14-13(16-15-11)19-10(12(17)18)8-9-6-4-3-5-7-9/h3-8H,2H2,1H3,(H,17,18)(H,14,15,16)/b10-8-. The van der Waals surface area contributed by atoms with Crippen molar-refractivity contribution in [1.82, 2.24) is 15.2 Å². The molecule has 5 nitrogen and oxygen atoms in total. The minimum absolute atomic E-state index is 0.188. The van der Waals surface area contributed by atoms with Gasteiger partial charge in [0.15, 0.2) is 0 Å². The molecule has 1 aromatic carbocycles. The average Bonchev–Trinajstić information content (AvgIpc) is 2.87. The lowest BCUT2D eigenvalue weighted by Crippen LogP contribution is -1.97. The van der Waals surface area contributed by atoms with E-state index in [0.717, 1.165) is 29.6 Å². The van der Waals surface area contributed by atoms with Gasteiger partial charge in [-0.15, -0.1) is 5.10 Å². The summed E-state index contributed by atoms with van der Waals surface area (Å²) in [6, 6.07) is 9.29. The molecule has 0 bridgehead atoms. The molecule has 0 saturated heterocycles. The normalized spacial score (nSPS) is 11.5. The van der Waals surface area contributed by atoms with Crippen LogP contribution in [0.15, 0.2) is 40.4 Å². The summed E-state index contributed by atoms with van der Waals surface area (Å²) in [5.74, 6) is -0.247. The minimum Gasteiger partial charge on any atom is -0.477 e. The second-order valence-corrected chi connectivity index (χ2v) is 4.75. The van der Waals surface area contributed by atoms with Gasteiger partial charge in [0.2, 0.25) is 5.16 Å². The Balaban J connectivity index is 2.21. The van der Waals surface area contributed by atoms with Gasteiger partial charge in [-0.25, -0.2) is 9.78 Å². The summed E-state index contributed by atoms with van der Waals surface area (Å²) in [4.78, 5) is 15.6. The third-order valence-corrected chi connectivity index (χ3v) is 3.23. The van der Waals surface area contributed by atoms with Gasteiger partial charge in [-0.1, -0.05) is 37.3 Å². The highest BCUT2D eigenvalue weighted by Crippen LogP contribution is 2.25. The zero-order chi connectivity index (χ0) is 13.7. The SMILES string of the molecule is CCc1nc(S/C(=C\c2ccccc2)C(=O)O)n[nH]1. The maximum atomic E-state index is 11.2. The van der Waals surface area contributed by atoms with Gasteiger partial charge in [0, 0.05) is 6.42 Å². The van der Waals surface area contributed by atoms with Gasteiger partial charge in [0.05, 0.1) is 0 Å². The Morgan fingerprint density at radius 3 is 2.74 bits per heavy atom. The Morgan fingerprint density at radius 1 is 1.42 bits per heavy atom. The van der Waals surface area contributed by atoms with Crippen LogP contribution in [0.5, 0.6) is 0 Å². The predicted molar refractivity (Wildman–Crippen MR) is 73.7 cm³/mol. The number of nitrogens with zero attached hydrogens (tertiary/aromatic N) is 2. The van der Waals surface area contributed by atoms with Crippen LogP contribution in [-0.4, -0.2) is 26.3 Å². The molecule has 0 spiro atoms. The van der Waals surface area contributed by atoms with Crippen molar-refractivity contribution < 1.29 is 9.90 Å². The fraction of sp³-hybridized carbons (Fsp3) is 0.154. The number of hydrogen-bond donors (Lipinski definition) is 2. The number of rotatable bonds is 5. The summed E-state index contributed by atoms with van der Waals surface area (Å²) in [5, 5.41) is 16.4. The molecule has 1 heterocycles. The van der Waals surface area contributed by atoms with Crippen molar-refractivity contribution in [3.05, 3.63) is 46.6 Å². The van der Waals surface area contributed by atoms with E-state index in [-0.39, 0.29) is 4.91 Å². The Morgan fingerprint density at radius 2 is 2.16 bits per heavy atom. The lowest BCUT2D eigenvalue weighted by molar-refractivity contribution is -0.131. The van der Waals surface area contributed by atoms with Crippen molar-refractivity contribution in [2.24, 2.45) is 0 Å². The van der Waals surface area contributed by atoms with E-state index in [1.807, 2.05) is 37.3 Å². The van der Waals surface area contributed by atoms with Crippen LogP contribution in [-0.2, 0) is 11.2 Å². The number of nitrogens with one attached hydrogen (secondary N) is 1. The summed E-state index contributed by atoms with van der Waals surface area (Å²) < 4.78 is 0. The summed E-state index contributed by atoms with van der Waals surface area (Å²) >= 11 is 1.04. The Labute approximate surface area is 114 Å². The highest BCUT2D eigenvalue weighted by Gasteiger charge is 2.13. The fourth-order valence-electron chi connectivity index (χ4n) is 1.42. The number of benzene rings is 1. The highest BCUT2D eigenvalue weighted by molar-refractivity contribution is 8.04. The summed E-state index contributed by atoms with van der Waals surface area (Å²) in [5.41, 5.74) is 0.832. The summed E-state index contributed by atoms with van der Waals surface area (Å²) in [6.45, 7) is 1.95. The number of aryl methyl sites for hydroxylation is 1. The van der Waals surface area contributed by atoms with E-state index >= 15 is 0 Å². The predicted octanol–water partition coefficient (Wildman–Crippen LogP) is 2.58. The largest absolute Gasteiger partial charge is 0.477 e. The van der Waals surface area contributed by atoms with Crippen molar-refractivity contribution in [3.8, 4) is 0 Å². The first-order valence-corrected chi connectivity index (χ1v) is 6.60. The van der Waals surface area contributed by atoms with E-state index in [9.17, 15) is 9.90 Å². The molecule has 6 heteroatoms. The maximum Gasteiger partial charge on any atom is 0.342 e. The molecule has 0 atom stereocenters. The molecule has 0 fully saturated rings. The van der Waals surface area contributed by atoms with Gasteiger partial charge >= 0.3 is 5.97 Å². The number of H-pyrrole nitrogens is 1. The molecular formula is C13H13N3O2S. The first-order valence-electron chi connectivity index (χ1n) is 5.78. The van der Waals surface area contributed by atoms with Crippen LogP contribution in [0.2, 0.25) is 0 Å².